The normalized spacial score (nSPS) is 21.3. The van der Waals surface area contributed by atoms with Crippen LogP contribution in [0.1, 0.15) is 12.8 Å². The van der Waals surface area contributed by atoms with Gasteiger partial charge in [0.25, 0.3) is 0 Å². The fourth-order valence-electron chi connectivity index (χ4n) is 3.13. The SMILES string of the molecule is COc1cccc(N2CC(C(=O)N3CCC(C#N)CC3)NC2=O)c1. The quantitative estimate of drug-likeness (QED) is 0.908. The third kappa shape index (κ3) is 3.13. The van der Waals surface area contributed by atoms with Gasteiger partial charge >= 0.3 is 6.03 Å². The van der Waals surface area contributed by atoms with E-state index in [9.17, 15) is 9.59 Å². The summed E-state index contributed by atoms with van der Waals surface area (Å²) < 4.78 is 5.18. The van der Waals surface area contributed by atoms with Crippen molar-refractivity contribution in [1.29, 1.82) is 5.26 Å². The van der Waals surface area contributed by atoms with Crippen LogP contribution in [-0.4, -0.2) is 49.6 Å². The fraction of sp³-hybridized carbons (Fsp3) is 0.471. The monoisotopic (exact) mass is 328 g/mol. The lowest BCUT2D eigenvalue weighted by molar-refractivity contribution is -0.133. The second-order valence-corrected chi connectivity index (χ2v) is 6.04. The second kappa shape index (κ2) is 6.79. The third-order valence-electron chi connectivity index (χ3n) is 4.56. The summed E-state index contributed by atoms with van der Waals surface area (Å²) >= 11 is 0. The zero-order valence-corrected chi connectivity index (χ0v) is 13.6. The van der Waals surface area contributed by atoms with Crippen LogP contribution >= 0.6 is 0 Å². The number of likely N-dealkylation sites (tertiary alicyclic amines) is 1. The predicted octanol–water partition coefficient (Wildman–Crippen LogP) is 1.36. The average molecular weight is 328 g/mol. The van der Waals surface area contributed by atoms with Gasteiger partial charge in [-0.1, -0.05) is 6.07 Å². The predicted molar refractivity (Wildman–Crippen MR) is 87.6 cm³/mol. The number of methoxy groups -OCH3 is 1. The van der Waals surface area contributed by atoms with Gasteiger partial charge in [0, 0.05) is 30.8 Å². The number of carbonyl (C=O) groups excluding carboxylic acids is 2. The van der Waals surface area contributed by atoms with Crippen molar-refractivity contribution < 1.29 is 14.3 Å². The summed E-state index contributed by atoms with van der Waals surface area (Å²) in [6, 6.07) is 8.61. The largest absolute Gasteiger partial charge is 0.497 e. The van der Waals surface area contributed by atoms with E-state index in [4.69, 9.17) is 10.00 Å². The molecular weight excluding hydrogens is 308 g/mol. The first kappa shape index (κ1) is 16.1. The fourth-order valence-corrected chi connectivity index (χ4v) is 3.13. The Balaban J connectivity index is 1.66. The van der Waals surface area contributed by atoms with Crippen molar-refractivity contribution >= 4 is 17.6 Å². The molecule has 1 N–H and O–H groups in total. The zero-order chi connectivity index (χ0) is 17.1. The highest BCUT2D eigenvalue weighted by Crippen LogP contribution is 2.24. The summed E-state index contributed by atoms with van der Waals surface area (Å²) in [6.45, 7) is 1.44. The lowest BCUT2D eigenvalue weighted by Gasteiger charge is -2.30. The first-order chi connectivity index (χ1) is 11.6. The van der Waals surface area contributed by atoms with Crippen molar-refractivity contribution in [2.75, 3.05) is 31.6 Å². The molecule has 0 radical (unpaired) electrons. The van der Waals surface area contributed by atoms with Gasteiger partial charge in [0.15, 0.2) is 0 Å². The van der Waals surface area contributed by atoms with Crippen molar-refractivity contribution in [3.05, 3.63) is 24.3 Å². The maximum absolute atomic E-state index is 12.6. The van der Waals surface area contributed by atoms with E-state index >= 15 is 0 Å². The summed E-state index contributed by atoms with van der Waals surface area (Å²) in [4.78, 5) is 28.1. The Bertz CT molecular complexity index is 677. The van der Waals surface area contributed by atoms with Crippen LogP contribution in [0.4, 0.5) is 10.5 Å². The van der Waals surface area contributed by atoms with Crippen LogP contribution in [0, 0.1) is 17.2 Å². The van der Waals surface area contributed by atoms with Crippen LogP contribution in [0.2, 0.25) is 0 Å². The van der Waals surface area contributed by atoms with E-state index in [2.05, 4.69) is 11.4 Å². The number of ether oxygens (including phenoxy) is 1. The van der Waals surface area contributed by atoms with Crippen molar-refractivity contribution in [3.8, 4) is 11.8 Å². The topological polar surface area (TPSA) is 85.7 Å². The number of piperidine rings is 1. The molecule has 2 saturated heterocycles. The van der Waals surface area contributed by atoms with E-state index in [1.807, 2.05) is 12.1 Å². The van der Waals surface area contributed by atoms with Crippen LogP contribution in [0.3, 0.4) is 0 Å². The van der Waals surface area contributed by atoms with Crippen molar-refractivity contribution in [2.24, 2.45) is 5.92 Å². The van der Waals surface area contributed by atoms with E-state index in [-0.39, 0.29) is 17.9 Å². The molecule has 0 aliphatic carbocycles. The number of benzene rings is 1. The molecule has 0 bridgehead atoms. The highest BCUT2D eigenvalue weighted by atomic mass is 16.5. The summed E-state index contributed by atoms with van der Waals surface area (Å²) in [5.41, 5.74) is 0.699. The number of anilines is 1. The molecule has 2 fully saturated rings. The molecule has 1 atom stereocenters. The Kier molecular flexibility index (Phi) is 4.56. The number of hydrogen-bond acceptors (Lipinski definition) is 4. The number of nitrogens with zero attached hydrogens (tertiary/aromatic N) is 3. The number of rotatable bonds is 3. The van der Waals surface area contributed by atoms with Gasteiger partial charge in [-0.05, 0) is 25.0 Å². The molecule has 1 aromatic carbocycles. The van der Waals surface area contributed by atoms with Crippen LogP contribution in [0.5, 0.6) is 5.75 Å². The number of nitrogens with one attached hydrogen (secondary N) is 1. The lowest BCUT2D eigenvalue weighted by atomic mass is 9.98. The molecule has 0 spiro atoms. The number of nitriles is 1. The Labute approximate surface area is 140 Å². The molecule has 0 aromatic heterocycles. The zero-order valence-electron chi connectivity index (χ0n) is 13.6. The van der Waals surface area contributed by atoms with Gasteiger partial charge in [0.2, 0.25) is 5.91 Å². The molecule has 7 nitrogen and oxygen atoms in total. The Hall–Kier alpha value is -2.75. The maximum atomic E-state index is 12.6. The molecule has 7 heteroatoms. The Morgan fingerprint density at radius 2 is 2.12 bits per heavy atom. The van der Waals surface area contributed by atoms with Crippen molar-refractivity contribution in [1.82, 2.24) is 10.2 Å². The van der Waals surface area contributed by atoms with E-state index in [0.29, 0.717) is 43.9 Å². The van der Waals surface area contributed by atoms with Gasteiger partial charge in [0.05, 0.1) is 19.7 Å². The van der Waals surface area contributed by atoms with E-state index < -0.39 is 6.04 Å². The van der Waals surface area contributed by atoms with Crippen LogP contribution in [0.15, 0.2) is 24.3 Å². The van der Waals surface area contributed by atoms with Gasteiger partial charge in [-0.25, -0.2) is 4.79 Å². The van der Waals surface area contributed by atoms with E-state index in [1.165, 1.54) is 0 Å². The lowest BCUT2D eigenvalue weighted by Crippen LogP contribution is -2.48. The summed E-state index contributed by atoms with van der Waals surface area (Å²) in [6.07, 6.45) is 1.39. The van der Waals surface area contributed by atoms with Crippen LogP contribution in [0.25, 0.3) is 0 Å². The molecule has 3 amide bonds. The molecule has 1 aromatic rings. The number of hydrogen-bond donors (Lipinski definition) is 1. The van der Waals surface area contributed by atoms with Gasteiger partial charge in [-0.3, -0.25) is 9.69 Å². The van der Waals surface area contributed by atoms with Crippen molar-refractivity contribution in [2.45, 2.75) is 18.9 Å². The minimum atomic E-state index is -0.553. The minimum Gasteiger partial charge on any atom is -0.497 e. The average Bonchev–Trinajstić information content (AvgIpc) is 3.03. The van der Waals surface area contributed by atoms with Gasteiger partial charge in [-0.2, -0.15) is 5.26 Å². The van der Waals surface area contributed by atoms with Crippen LogP contribution in [-0.2, 0) is 4.79 Å². The Morgan fingerprint density at radius 3 is 2.79 bits per heavy atom. The van der Waals surface area contributed by atoms with Gasteiger partial charge in [-0.15, -0.1) is 0 Å². The summed E-state index contributed by atoms with van der Waals surface area (Å²) in [5.74, 6) is 0.610. The highest BCUT2D eigenvalue weighted by molar-refractivity contribution is 6.00. The number of urea groups is 1. The standard InChI is InChI=1S/C17H20N4O3/c1-24-14-4-2-3-13(9-14)21-11-15(19-17(21)23)16(22)20-7-5-12(10-18)6-8-20/h2-4,9,12,15H,5-8,11H2,1H3,(H,19,23). The van der Waals surface area contributed by atoms with Gasteiger partial charge in [0.1, 0.15) is 11.8 Å². The van der Waals surface area contributed by atoms with Crippen molar-refractivity contribution in [3.63, 3.8) is 0 Å². The molecule has 2 aliphatic rings. The molecule has 3 rings (SSSR count). The third-order valence-corrected chi connectivity index (χ3v) is 4.56. The molecule has 0 saturated carbocycles. The molecule has 1 unspecified atom stereocenters. The Morgan fingerprint density at radius 1 is 1.38 bits per heavy atom. The first-order valence-electron chi connectivity index (χ1n) is 8.03. The molecule has 126 valence electrons. The summed E-state index contributed by atoms with van der Waals surface area (Å²) in [5, 5.41) is 11.7. The highest BCUT2D eigenvalue weighted by Gasteiger charge is 2.37. The smallest absolute Gasteiger partial charge is 0.322 e. The van der Waals surface area contributed by atoms with Crippen LogP contribution < -0.4 is 15.0 Å². The molecule has 2 heterocycles. The van der Waals surface area contributed by atoms with E-state index in [0.717, 1.165) is 0 Å². The summed E-state index contributed by atoms with van der Waals surface area (Å²) in [7, 11) is 1.57. The van der Waals surface area contributed by atoms with E-state index in [1.54, 1.807) is 29.0 Å². The van der Waals surface area contributed by atoms with Gasteiger partial charge < -0.3 is 15.0 Å². The second-order valence-electron chi connectivity index (χ2n) is 6.04. The first-order valence-corrected chi connectivity index (χ1v) is 8.03. The molecule has 2 aliphatic heterocycles. The number of carbonyl (C=O) groups is 2. The molecular formula is C17H20N4O3. The minimum absolute atomic E-state index is 0.0282. The number of amides is 3. The maximum Gasteiger partial charge on any atom is 0.322 e. The molecule has 24 heavy (non-hydrogen) atoms.